The Kier molecular flexibility index (Phi) is 7.31. The van der Waals surface area contributed by atoms with Crippen LogP contribution in [0.3, 0.4) is 0 Å². The number of amidine groups is 1. The molecule has 0 aromatic heterocycles. The lowest BCUT2D eigenvalue weighted by molar-refractivity contribution is -0.0588. The second-order valence-electron chi connectivity index (χ2n) is 8.10. The molecule has 0 amide bonds. The van der Waals surface area contributed by atoms with Gasteiger partial charge in [-0.15, -0.1) is 0 Å². The lowest BCUT2D eigenvalue weighted by atomic mass is 9.88. The average molecular weight is 412 g/mol. The lowest BCUT2D eigenvalue weighted by Crippen LogP contribution is -2.63. The highest BCUT2D eigenvalue weighted by molar-refractivity contribution is 5.95. The van der Waals surface area contributed by atoms with Crippen LogP contribution >= 0.6 is 0 Å². The van der Waals surface area contributed by atoms with Crippen LogP contribution in [0.1, 0.15) is 25.8 Å². The van der Waals surface area contributed by atoms with Gasteiger partial charge in [-0.25, -0.2) is 0 Å². The predicted octanol–water partition coefficient (Wildman–Crippen LogP) is 1.35. The summed E-state index contributed by atoms with van der Waals surface area (Å²) >= 11 is 0. The third-order valence-electron chi connectivity index (χ3n) is 5.53. The van der Waals surface area contributed by atoms with Crippen LogP contribution in [0.25, 0.3) is 0 Å². The number of nitrogens with zero attached hydrogens (tertiary/aromatic N) is 1. The van der Waals surface area contributed by atoms with E-state index in [2.05, 4.69) is 41.7 Å². The molecule has 2 aliphatic rings. The Hall–Kier alpha value is -2.61. The second kappa shape index (κ2) is 9.93. The summed E-state index contributed by atoms with van der Waals surface area (Å²) in [7, 11) is 0. The molecule has 0 bridgehead atoms. The van der Waals surface area contributed by atoms with E-state index in [-0.39, 0.29) is 18.6 Å². The van der Waals surface area contributed by atoms with Gasteiger partial charge in [0.2, 0.25) is 0 Å². The van der Waals surface area contributed by atoms with Crippen molar-refractivity contribution >= 4 is 5.84 Å². The number of benzene rings is 1. The van der Waals surface area contributed by atoms with Crippen LogP contribution in [-0.4, -0.2) is 47.4 Å². The quantitative estimate of drug-likeness (QED) is 0.405. The first kappa shape index (κ1) is 22.1. The summed E-state index contributed by atoms with van der Waals surface area (Å²) in [5.41, 5.74) is 0.982. The number of hydrogen-bond acceptors (Lipinski definition) is 6. The fraction of sp³-hybridized carbons (Fsp3) is 0.435. The number of hydrogen-bond donors (Lipinski definition) is 6. The highest BCUT2D eigenvalue weighted by atomic mass is 16.3. The number of aliphatic imine (C=N–C) groups is 1. The molecule has 7 nitrogen and oxygen atoms in total. The van der Waals surface area contributed by atoms with Crippen molar-refractivity contribution in [1.82, 2.24) is 21.3 Å². The SMILES string of the molecule is C=C/C(=C1/NC(NC2CNCC[C@]2(O)CO)=CC(=NCc2ccccc2)N1)C(C)C. The first-order chi connectivity index (χ1) is 14.4. The minimum atomic E-state index is -1.18. The van der Waals surface area contributed by atoms with Crippen LogP contribution < -0.4 is 21.3 Å². The zero-order valence-corrected chi connectivity index (χ0v) is 17.8. The van der Waals surface area contributed by atoms with Gasteiger partial charge in [0.15, 0.2) is 0 Å². The van der Waals surface area contributed by atoms with E-state index in [1.54, 1.807) is 0 Å². The van der Waals surface area contributed by atoms with E-state index in [4.69, 9.17) is 4.99 Å². The normalized spacial score (nSPS) is 27.2. The van der Waals surface area contributed by atoms with Crippen molar-refractivity contribution in [2.24, 2.45) is 10.9 Å². The Morgan fingerprint density at radius 1 is 1.33 bits per heavy atom. The fourth-order valence-electron chi connectivity index (χ4n) is 3.67. The van der Waals surface area contributed by atoms with Crippen molar-refractivity contribution < 1.29 is 10.2 Å². The smallest absolute Gasteiger partial charge is 0.130 e. The number of aliphatic hydroxyl groups is 2. The lowest BCUT2D eigenvalue weighted by Gasteiger charge is -2.41. The van der Waals surface area contributed by atoms with E-state index < -0.39 is 5.60 Å². The van der Waals surface area contributed by atoms with E-state index in [0.717, 1.165) is 22.8 Å². The average Bonchev–Trinajstić information content (AvgIpc) is 2.75. The summed E-state index contributed by atoms with van der Waals surface area (Å²) in [5.74, 6) is 2.51. The van der Waals surface area contributed by atoms with Crippen LogP contribution in [0.5, 0.6) is 0 Å². The Morgan fingerprint density at radius 3 is 2.77 bits per heavy atom. The van der Waals surface area contributed by atoms with Gasteiger partial charge in [0.05, 0.1) is 19.2 Å². The summed E-state index contributed by atoms with van der Waals surface area (Å²) in [6, 6.07) is 9.74. The van der Waals surface area contributed by atoms with Gasteiger partial charge in [0.25, 0.3) is 0 Å². The molecule has 2 aliphatic heterocycles. The van der Waals surface area contributed by atoms with Crippen LogP contribution in [0.4, 0.5) is 0 Å². The third kappa shape index (κ3) is 5.30. The Labute approximate surface area is 178 Å². The maximum atomic E-state index is 10.8. The molecule has 162 valence electrons. The molecule has 0 aliphatic carbocycles. The molecule has 1 fully saturated rings. The largest absolute Gasteiger partial charge is 0.393 e. The van der Waals surface area contributed by atoms with E-state index >= 15 is 0 Å². The second-order valence-corrected chi connectivity index (χ2v) is 8.10. The molecule has 7 heteroatoms. The number of rotatable bonds is 7. The molecule has 2 heterocycles. The number of nitrogens with one attached hydrogen (secondary N) is 4. The van der Waals surface area contributed by atoms with Crippen molar-refractivity contribution in [3.05, 3.63) is 71.8 Å². The molecule has 1 aromatic carbocycles. The van der Waals surface area contributed by atoms with Gasteiger partial charge < -0.3 is 31.5 Å². The molecular formula is C23H33N5O2. The molecule has 3 rings (SSSR count). The van der Waals surface area contributed by atoms with Crippen LogP contribution in [-0.2, 0) is 6.54 Å². The van der Waals surface area contributed by atoms with Crippen molar-refractivity contribution in [2.75, 3.05) is 19.7 Å². The fourth-order valence-corrected chi connectivity index (χ4v) is 3.67. The summed E-state index contributed by atoms with van der Waals surface area (Å²) in [6.07, 6.45) is 4.21. The van der Waals surface area contributed by atoms with Gasteiger partial charge in [-0.1, -0.05) is 56.8 Å². The Balaban J connectivity index is 1.88. The molecule has 6 N–H and O–H groups in total. The predicted molar refractivity (Wildman–Crippen MR) is 120 cm³/mol. The highest BCUT2D eigenvalue weighted by Gasteiger charge is 2.39. The highest BCUT2D eigenvalue weighted by Crippen LogP contribution is 2.20. The number of piperidine rings is 1. The molecular weight excluding hydrogens is 378 g/mol. The third-order valence-corrected chi connectivity index (χ3v) is 5.53. The van der Waals surface area contributed by atoms with Crippen molar-refractivity contribution in [3.63, 3.8) is 0 Å². The maximum Gasteiger partial charge on any atom is 0.130 e. The molecule has 1 aromatic rings. The monoisotopic (exact) mass is 411 g/mol. The summed E-state index contributed by atoms with van der Waals surface area (Å²) in [4.78, 5) is 4.73. The molecule has 2 atom stereocenters. The Bertz CT molecular complexity index is 831. The Morgan fingerprint density at radius 2 is 2.10 bits per heavy atom. The van der Waals surface area contributed by atoms with Gasteiger partial charge in [-0.3, -0.25) is 4.99 Å². The van der Waals surface area contributed by atoms with Gasteiger partial charge >= 0.3 is 0 Å². The molecule has 1 saturated heterocycles. The van der Waals surface area contributed by atoms with Crippen LogP contribution in [0.15, 0.2) is 71.3 Å². The maximum absolute atomic E-state index is 10.8. The van der Waals surface area contributed by atoms with Crippen molar-refractivity contribution in [3.8, 4) is 0 Å². The minimum absolute atomic E-state index is 0.262. The number of aliphatic hydroxyl groups excluding tert-OH is 1. The van der Waals surface area contributed by atoms with E-state index in [0.29, 0.717) is 31.9 Å². The van der Waals surface area contributed by atoms with E-state index in [9.17, 15) is 10.2 Å². The zero-order chi connectivity index (χ0) is 21.6. The van der Waals surface area contributed by atoms with Crippen LogP contribution in [0.2, 0.25) is 0 Å². The van der Waals surface area contributed by atoms with Gasteiger partial charge in [0, 0.05) is 12.6 Å². The van der Waals surface area contributed by atoms with Gasteiger partial charge in [-0.2, -0.15) is 0 Å². The number of allylic oxidation sites excluding steroid dienone is 2. The summed E-state index contributed by atoms with van der Waals surface area (Å²) < 4.78 is 0. The molecule has 0 saturated carbocycles. The van der Waals surface area contributed by atoms with E-state index in [1.807, 2.05) is 42.5 Å². The van der Waals surface area contributed by atoms with Crippen LogP contribution in [0, 0.1) is 5.92 Å². The van der Waals surface area contributed by atoms with Gasteiger partial charge in [-0.05, 0) is 30.0 Å². The first-order valence-electron chi connectivity index (χ1n) is 10.5. The molecule has 0 radical (unpaired) electrons. The zero-order valence-electron chi connectivity index (χ0n) is 17.8. The molecule has 30 heavy (non-hydrogen) atoms. The van der Waals surface area contributed by atoms with Crippen molar-refractivity contribution in [1.29, 1.82) is 0 Å². The summed E-state index contributed by atoms with van der Waals surface area (Å²) in [5, 5.41) is 33.9. The van der Waals surface area contributed by atoms with Gasteiger partial charge in [0.1, 0.15) is 23.1 Å². The van der Waals surface area contributed by atoms with E-state index in [1.165, 1.54) is 0 Å². The summed E-state index contributed by atoms with van der Waals surface area (Å²) in [6.45, 7) is 9.65. The first-order valence-corrected chi connectivity index (χ1v) is 10.5. The molecule has 0 spiro atoms. The topological polar surface area (TPSA) is 101 Å². The standard InChI is InChI=1S/C23H33N5O2/c1-4-18(16(2)3)22-27-20(25-13-17-8-6-5-7-9-17)12-21(28-22)26-19-14-24-11-10-23(19,30)15-29/h4-9,12,16,19,24,26,28-30H,1,10-11,13-15H2,2-3H3,(H,25,27)/b22-18-/t19?,23-/m0/s1. The van der Waals surface area contributed by atoms with Crippen molar-refractivity contribution in [2.45, 2.75) is 38.5 Å². The molecule has 1 unspecified atom stereocenters. The minimum Gasteiger partial charge on any atom is -0.393 e.